The highest BCUT2D eigenvalue weighted by Gasteiger charge is 2.23. The maximum Gasteiger partial charge on any atom is 0.177 e. The molecule has 1 heterocycles. The molecule has 1 fully saturated rings. The van der Waals surface area contributed by atoms with Gasteiger partial charge in [0.05, 0.1) is 13.2 Å². The second-order valence-corrected chi connectivity index (χ2v) is 3.41. The normalized spacial score (nSPS) is 27.6. The van der Waals surface area contributed by atoms with Gasteiger partial charge in [-0.1, -0.05) is 19.4 Å². The average Bonchev–Trinajstić information content (AvgIpc) is 2.61. The number of hydrogen-bond donors (Lipinski definition) is 0. The average molecular weight is 200 g/mol. The van der Waals surface area contributed by atoms with Gasteiger partial charge in [-0.25, -0.2) is 0 Å². The topological polar surface area (TPSA) is 27.7 Å². The molecule has 0 amide bonds. The monoisotopic (exact) mass is 200 g/mol. The van der Waals surface area contributed by atoms with Crippen molar-refractivity contribution in [2.45, 2.75) is 39.1 Å². The Bertz CT molecular complexity index is 168. The van der Waals surface area contributed by atoms with Crippen LogP contribution in [0.3, 0.4) is 0 Å². The summed E-state index contributed by atoms with van der Waals surface area (Å²) in [7, 11) is 0. The first-order valence-corrected chi connectivity index (χ1v) is 5.34. The van der Waals surface area contributed by atoms with E-state index in [0.29, 0.717) is 13.2 Å². The minimum Gasteiger partial charge on any atom is -0.379 e. The highest BCUT2D eigenvalue weighted by atomic mass is 16.7. The predicted molar refractivity (Wildman–Crippen MR) is 55.2 cm³/mol. The lowest BCUT2D eigenvalue weighted by Crippen LogP contribution is -2.18. The maximum atomic E-state index is 5.55. The molecule has 0 aromatic carbocycles. The molecule has 3 heteroatoms. The van der Waals surface area contributed by atoms with E-state index in [-0.39, 0.29) is 12.4 Å². The van der Waals surface area contributed by atoms with Crippen LogP contribution in [0, 0.1) is 0 Å². The van der Waals surface area contributed by atoms with Crippen molar-refractivity contribution in [3.8, 4) is 0 Å². The maximum absolute atomic E-state index is 5.55. The third-order valence-electron chi connectivity index (χ3n) is 2.07. The lowest BCUT2D eigenvalue weighted by Gasteiger charge is -2.09. The van der Waals surface area contributed by atoms with E-state index in [4.69, 9.17) is 14.2 Å². The molecule has 0 aliphatic carbocycles. The first-order chi connectivity index (χ1) is 6.86. The van der Waals surface area contributed by atoms with Gasteiger partial charge < -0.3 is 14.2 Å². The van der Waals surface area contributed by atoms with Gasteiger partial charge in [0.25, 0.3) is 0 Å². The standard InChI is InChI=1S/C11H20O3/c1-3-5-7-12-8-10-9-13-11(14-10)6-4-2/h4,6,10-11H,3,5,7-9H2,1-2H3/b6-4+. The summed E-state index contributed by atoms with van der Waals surface area (Å²) >= 11 is 0. The quantitative estimate of drug-likeness (QED) is 0.485. The fourth-order valence-corrected chi connectivity index (χ4v) is 1.28. The van der Waals surface area contributed by atoms with Gasteiger partial charge in [0, 0.05) is 6.61 Å². The Hall–Kier alpha value is -0.380. The van der Waals surface area contributed by atoms with Gasteiger partial charge in [0.1, 0.15) is 6.10 Å². The summed E-state index contributed by atoms with van der Waals surface area (Å²) in [5.74, 6) is 0. The fourth-order valence-electron chi connectivity index (χ4n) is 1.28. The van der Waals surface area contributed by atoms with Crippen molar-refractivity contribution in [1.29, 1.82) is 0 Å². The molecule has 2 atom stereocenters. The molecule has 0 aromatic heterocycles. The van der Waals surface area contributed by atoms with Gasteiger partial charge in [0.2, 0.25) is 0 Å². The van der Waals surface area contributed by atoms with Crippen molar-refractivity contribution in [2.24, 2.45) is 0 Å². The smallest absolute Gasteiger partial charge is 0.177 e. The molecule has 1 aliphatic heterocycles. The number of allylic oxidation sites excluding steroid dienone is 1. The van der Waals surface area contributed by atoms with Crippen LogP contribution in [-0.4, -0.2) is 32.2 Å². The minimum atomic E-state index is -0.167. The first kappa shape index (κ1) is 11.7. The van der Waals surface area contributed by atoms with Crippen LogP contribution >= 0.6 is 0 Å². The van der Waals surface area contributed by atoms with Crippen molar-refractivity contribution in [2.75, 3.05) is 19.8 Å². The van der Waals surface area contributed by atoms with Crippen molar-refractivity contribution in [3.05, 3.63) is 12.2 Å². The van der Waals surface area contributed by atoms with E-state index in [1.165, 1.54) is 6.42 Å². The van der Waals surface area contributed by atoms with Crippen molar-refractivity contribution < 1.29 is 14.2 Å². The molecule has 0 N–H and O–H groups in total. The van der Waals surface area contributed by atoms with Gasteiger partial charge in [-0.3, -0.25) is 0 Å². The van der Waals surface area contributed by atoms with Crippen LogP contribution in [0.4, 0.5) is 0 Å². The van der Waals surface area contributed by atoms with Gasteiger partial charge >= 0.3 is 0 Å². The number of ether oxygens (including phenoxy) is 3. The summed E-state index contributed by atoms with van der Waals surface area (Å²) in [4.78, 5) is 0. The summed E-state index contributed by atoms with van der Waals surface area (Å²) in [6, 6.07) is 0. The summed E-state index contributed by atoms with van der Waals surface area (Å²) in [5.41, 5.74) is 0. The molecular formula is C11H20O3. The SMILES string of the molecule is C/C=C/C1OCC(COCCCC)O1. The number of unbranched alkanes of at least 4 members (excludes halogenated alkanes) is 1. The Morgan fingerprint density at radius 2 is 2.36 bits per heavy atom. The van der Waals surface area contributed by atoms with Crippen LogP contribution in [0.5, 0.6) is 0 Å². The molecule has 82 valence electrons. The zero-order valence-electron chi connectivity index (χ0n) is 9.07. The predicted octanol–water partition coefficient (Wildman–Crippen LogP) is 2.12. The molecule has 0 bridgehead atoms. The lowest BCUT2D eigenvalue weighted by atomic mass is 10.3. The highest BCUT2D eigenvalue weighted by Crippen LogP contribution is 2.12. The van der Waals surface area contributed by atoms with Gasteiger partial charge in [0.15, 0.2) is 6.29 Å². The van der Waals surface area contributed by atoms with E-state index in [0.717, 1.165) is 13.0 Å². The summed E-state index contributed by atoms with van der Waals surface area (Å²) in [6.07, 6.45) is 6.07. The molecule has 0 aromatic rings. The Morgan fingerprint density at radius 3 is 3.07 bits per heavy atom. The Labute approximate surface area is 86.0 Å². The lowest BCUT2D eigenvalue weighted by molar-refractivity contribution is -0.0401. The van der Waals surface area contributed by atoms with Crippen molar-refractivity contribution >= 4 is 0 Å². The molecule has 1 saturated heterocycles. The number of rotatable bonds is 6. The van der Waals surface area contributed by atoms with Gasteiger partial charge in [-0.05, 0) is 19.4 Å². The van der Waals surface area contributed by atoms with E-state index >= 15 is 0 Å². The summed E-state index contributed by atoms with van der Waals surface area (Å²) in [6.45, 7) is 6.22. The van der Waals surface area contributed by atoms with Crippen molar-refractivity contribution in [1.82, 2.24) is 0 Å². The van der Waals surface area contributed by atoms with Gasteiger partial charge in [-0.2, -0.15) is 0 Å². The molecule has 1 rings (SSSR count). The first-order valence-electron chi connectivity index (χ1n) is 5.34. The molecule has 0 spiro atoms. The Balaban J connectivity index is 2.04. The molecule has 14 heavy (non-hydrogen) atoms. The fraction of sp³-hybridized carbons (Fsp3) is 0.818. The Morgan fingerprint density at radius 1 is 1.50 bits per heavy atom. The van der Waals surface area contributed by atoms with Crippen LogP contribution in [0.25, 0.3) is 0 Å². The largest absolute Gasteiger partial charge is 0.379 e. The van der Waals surface area contributed by atoms with E-state index in [1.54, 1.807) is 0 Å². The third kappa shape index (κ3) is 4.22. The molecule has 2 unspecified atom stereocenters. The molecule has 3 nitrogen and oxygen atoms in total. The van der Waals surface area contributed by atoms with E-state index in [9.17, 15) is 0 Å². The highest BCUT2D eigenvalue weighted by molar-refractivity contribution is 4.84. The van der Waals surface area contributed by atoms with E-state index in [2.05, 4.69) is 6.92 Å². The minimum absolute atomic E-state index is 0.105. The molecule has 0 saturated carbocycles. The Kier molecular flexibility index (Phi) is 5.83. The van der Waals surface area contributed by atoms with Crippen LogP contribution in [0.2, 0.25) is 0 Å². The van der Waals surface area contributed by atoms with E-state index < -0.39 is 0 Å². The second-order valence-electron chi connectivity index (χ2n) is 3.41. The van der Waals surface area contributed by atoms with Crippen LogP contribution in [0.1, 0.15) is 26.7 Å². The second kappa shape index (κ2) is 6.98. The third-order valence-corrected chi connectivity index (χ3v) is 2.07. The van der Waals surface area contributed by atoms with Gasteiger partial charge in [-0.15, -0.1) is 0 Å². The van der Waals surface area contributed by atoms with Crippen LogP contribution in [-0.2, 0) is 14.2 Å². The zero-order chi connectivity index (χ0) is 10.2. The molecular weight excluding hydrogens is 180 g/mol. The zero-order valence-corrected chi connectivity index (χ0v) is 9.07. The molecule has 0 radical (unpaired) electrons. The van der Waals surface area contributed by atoms with Crippen LogP contribution in [0.15, 0.2) is 12.2 Å². The summed E-state index contributed by atoms with van der Waals surface area (Å²) < 4.78 is 16.4. The molecule has 1 aliphatic rings. The van der Waals surface area contributed by atoms with Crippen molar-refractivity contribution in [3.63, 3.8) is 0 Å². The van der Waals surface area contributed by atoms with E-state index in [1.807, 2.05) is 19.1 Å². The van der Waals surface area contributed by atoms with Crippen LogP contribution < -0.4 is 0 Å². The number of hydrogen-bond acceptors (Lipinski definition) is 3. The summed E-state index contributed by atoms with van der Waals surface area (Å²) in [5, 5.41) is 0.